The molecule has 0 aromatic heterocycles. The van der Waals surface area contributed by atoms with Gasteiger partial charge in [0.05, 0.1) is 9.82 Å². The number of hydrogen-bond donors (Lipinski definition) is 2. The molecule has 2 saturated heterocycles. The summed E-state index contributed by atoms with van der Waals surface area (Å²) in [5, 5.41) is 15.7. The molecule has 0 radical (unpaired) electrons. The number of sulfonamides is 1. The first-order valence-corrected chi connectivity index (χ1v) is 24.5. The molecule has 2 N–H and O–H groups in total. The van der Waals surface area contributed by atoms with Gasteiger partial charge in [0.25, 0.3) is 21.6 Å². The van der Waals surface area contributed by atoms with Crippen molar-refractivity contribution in [2.24, 2.45) is 16.2 Å². The molecule has 6 aliphatic rings. The zero-order valence-electron chi connectivity index (χ0n) is 35.6. The molecular weight excluding hydrogens is 793 g/mol. The average Bonchev–Trinajstić information content (AvgIpc) is 3.22. The van der Waals surface area contributed by atoms with E-state index in [4.69, 9.17) is 0 Å². The van der Waals surface area contributed by atoms with Crippen molar-refractivity contribution in [1.82, 2.24) is 14.5 Å². The van der Waals surface area contributed by atoms with Crippen molar-refractivity contribution in [2.45, 2.75) is 101 Å². The Balaban J connectivity index is 0.872. The number of carbonyl (C=O) groups excluding carboxylic acids is 1. The summed E-state index contributed by atoms with van der Waals surface area (Å²) in [6, 6.07) is 20.7. The largest absolute Gasteiger partial charge is 0.376 e. The summed E-state index contributed by atoms with van der Waals surface area (Å²) in [7, 11) is -4.41. The normalized spacial score (nSPS) is 24.9. The molecule has 60 heavy (non-hydrogen) atoms. The van der Waals surface area contributed by atoms with Crippen LogP contribution in [-0.4, -0.2) is 93.2 Å². The molecule has 1 amide bonds. The van der Waals surface area contributed by atoms with E-state index in [9.17, 15) is 23.3 Å². The molecule has 13 heteroatoms. The maximum atomic E-state index is 13.5. The Morgan fingerprint density at radius 3 is 2.25 bits per heavy atom. The maximum Gasteiger partial charge on any atom is 0.293 e. The number of carbonyl (C=O) groups is 1. The van der Waals surface area contributed by atoms with Crippen LogP contribution in [0, 0.1) is 26.4 Å². The molecule has 3 saturated carbocycles. The molecule has 11 nitrogen and oxygen atoms in total. The number of thioether (sulfide) groups is 1. The summed E-state index contributed by atoms with van der Waals surface area (Å²) >= 11 is 1.68. The summed E-state index contributed by atoms with van der Waals surface area (Å²) in [6.07, 6.45) is 12.2. The molecule has 3 aromatic rings. The average molecular weight is 855 g/mol. The van der Waals surface area contributed by atoms with Gasteiger partial charge in [-0.15, -0.1) is 11.8 Å². The van der Waals surface area contributed by atoms with E-state index in [0.29, 0.717) is 22.0 Å². The van der Waals surface area contributed by atoms with Gasteiger partial charge in [-0.2, -0.15) is 0 Å². The van der Waals surface area contributed by atoms with Crippen molar-refractivity contribution in [1.29, 1.82) is 0 Å². The number of nitro benzene ring substituents is 1. The van der Waals surface area contributed by atoms with Crippen molar-refractivity contribution in [2.75, 3.05) is 68.3 Å². The highest BCUT2D eigenvalue weighted by molar-refractivity contribution is 7.99. The fourth-order valence-corrected chi connectivity index (χ4v) is 12.8. The summed E-state index contributed by atoms with van der Waals surface area (Å²) in [4.78, 5) is 33.2. The molecule has 2 aliphatic heterocycles. The fraction of sp³-hybridized carbons (Fsp3) is 0.553. The molecule has 322 valence electrons. The van der Waals surface area contributed by atoms with Crippen LogP contribution >= 0.6 is 11.8 Å². The number of nitrogens with one attached hydrogen (secondary N) is 2. The number of likely N-dealkylation sites (tertiary alicyclic amines) is 1. The van der Waals surface area contributed by atoms with Crippen molar-refractivity contribution in [3.63, 3.8) is 0 Å². The van der Waals surface area contributed by atoms with Crippen molar-refractivity contribution in [3.05, 3.63) is 99.6 Å². The van der Waals surface area contributed by atoms with Crippen molar-refractivity contribution >= 4 is 44.8 Å². The molecule has 0 spiro atoms. The molecule has 1 atom stereocenters. The minimum Gasteiger partial charge on any atom is -0.376 e. The topological polar surface area (TPSA) is 128 Å². The van der Waals surface area contributed by atoms with E-state index in [1.807, 2.05) is 42.5 Å². The fourth-order valence-electron chi connectivity index (χ4n) is 10.8. The zero-order valence-corrected chi connectivity index (χ0v) is 37.2. The van der Waals surface area contributed by atoms with Crippen LogP contribution in [0.4, 0.5) is 17.1 Å². The number of nitro groups is 1. The van der Waals surface area contributed by atoms with Crippen molar-refractivity contribution < 1.29 is 18.1 Å². The molecule has 9 rings (SSSR count). The maximum absolute atomic E-state index is 13.5. The number of allylic oxidation sites excluding steroid dienone is 1. The number of anilines is 2. The SMILES string of the molecule is CC1(C)CCC(CN2CCN(c3ccc(C(=O)NS(=O)(=O)c4ccc(N[C@H](CCN5CCCCC5)CSc5ccccc5)c([N+](=O)[O-])c4)cc3)CC2)=C(C23CC(C)(C2)C3)C1. The third-order valence-corrected chi connectivity index (χ3v) is 16.4. The number of piperidine rings is 1. The van der Waals surface area contributed by atoms with Crippen LogP contribution in [0.25, 0.3) is 0 Å². The van der Waals surface area contributed by atoms with Crippen LogP contribution in [0.15, 0.2) is 93.7 Å². The number of rotatable bonds is 16. The zero-order chi connectivity index (χ0) is 42.1. The van der Waals surface area contributed by atoms with Gasteiger partial charge in [-0.05, 0) is 136 Å². The Labute approximate surface area is 360 Å². The highest BCUT2D eigenvalue weighted by Crippen LogP contribution is 2.77. The van der Waals surface area contributed by atoms with E-state index in [1.54, 1.807) is 35.0 Å². The molecular formula is C47H62N6O5S2. The Morgan fingerprint density at radius 1 is 0.883 bits per heavy atom. The van der Waals surface area contributed by atoms with Gasteiger partial charge in [-0.3, -0.25) is 19.8 Å². The number of hydrogen-bond acceptors (Lipinski definition) is 10. The van der Waals surface area contributed by atoms with Gasteiger partial charge >= 0.3 is 0 Å². The lowest BCUT2D eigenvalue weighted by Gasteiger charge is -2.72. The lowest BCUT2D eigenvalue weighted by molar-refractivity contribution is -0.384. The summed E-state index contributed by atoms with van der Waals surface area (Å²) in [6.45, 7) is 15.1. The molecule has 4 aliphatic carbocycles. The van der Waals surface area contributed by atoms with Gasteiger partial charge in [-0.25, -0.2) is 13.1 Å². The summed E-state index contributed by atoms with van der Waals surface area (Å²) in [5.74, 6) is -0.109. The van der Waals surface area contributed by atoms with Gasteiger partial charge in [0.15, 0.2) is 0 Å². The van der Waals surface area contributed by atoms with Crippen LogP contribution < -0.4 is 14.9 Å². The second-order valence-corrected chi connectivity index (χ2v) is 22.2. The van der Waals surface area contributed by atoms with E-state index in [1.165, 1.54) is 69.9 Å². The van der Waals surface area contributed by atoms with Crippen LogP contribution in [0.3, 0.4) is 0 Å². The van der Waals surface area contributed by atoms with Crippen LogP contribution in [0.2, 0.25) is 0 Å². The monoisotopic (exact) mass is 854 g/mol. The standard InChI is InChI=1S/C47H62N6O5S2/c1-45(2)20-18-36(41(29-45)47-32-46(3,33-47)34-47)30-51-24-26-52(27-25-51)38-14-12-35(13-15-38)44(54)49-60(57,58)40-16-17-42(43(28-40)53(55)56)48-37(19-23-50-21-8-5-9-22-50)31-59-39-10-6-4-7-11-39/h4,6-7,10-17,28,37,48H,5,8-9,18-27,29-34H2,1-3H3,(H,49,54)/t37-,46?,47?/m1/s1. The number of amides is 1. The molecule has 2 bridgehead atoms. The summed E-state index contributed by atoms with van der Waals surface area (Å²) in [5.41, 5.74) is 6.07. The van der Waals surface area contributed by atoms with Gasteiger partial charge < -0.3 is 15.1 Å². The van der Waals surface area contributed by atoms with Crippen molar-refractivity contribution in [3.8, 4) is 0 Å². The second-order valence-electron chi connectivity index (χ2n) is 19.4. The number of benzene rings is 3. The smallest absolute Gasteiger partial charge is 0.293 e. The quantitative estimate of drug-likeness (QED) is 0.0624. The van der Waals surface area contributed by atoms with Gasteiger partial charge in [0.1, 0.15) is 5.69 Å². The highest BCUT2D eigenvalue weighted by Gasteiger charge is 2.66. The lowest BCUT2D eigenvalue weighted by Crippen LogP contribution is -2.61. The second kappa shape index (κ2) is 17.5. The Hall–Kier alpha value is -3.91. The predicted octanol–water partition coefficient (Wildman–Crippen LogP) is 8.98. The van der Waals surface area contributed by atoms with Gasteiger partial charge in [0.2, 0.25) is 0 Å². The predicted molar refractivity (Wildman–Crippen MR) is 241 cm³/mol. The van der Waals surface area contributed by atoms with E-state index in [2.05, 4.69) is 45.5 Å². The first-order valence-electron chi connectivity index (χ1n) is 22.0. The summed E-state index contributed by atoms with van der Waals surface area (Å²) < 4.78 is 29.1. The minimum absolute atomic E-state index is 0.101. The third kappa shape index (κ3) is 9.74. The van der Waals surface area contributed by atoms with E-state index in [0.717, 1.165) is 75.4 Å². The van der Waals surface area contributed by atoms with Crippen LogP contribution in [0.5, 0.6) is 0 Å². The molecule has 0 unspecified atom stereocenters. The molecule has 5 fully saturated rings. The third-order valence-electron chi connectivity index (χ3n) is 13.9. The van der Waals surface area contributed by atoms with E-state index >= 15 is 0 Å². The number of nitrogens with zero attached hydrogens (tertiary/aromatic N) is 4. The Bertz CT molecular complexity index is 2160. The Kier molecular flexibility index (Phi) is 12.4. The Morgan fingerprint density at radius 2 is 1.58 bits per heavy atom. The van der Waals surface area contributed by atoms with Crippen LogP contribution in [0.1, 0.15) is 95.3 Å². The van der Waals surface area contributed by atoms with Gasteiger partial charge in [-0.1, -0.05) is 56.5 Å². The highest BCUT2D eigenvalue weighted by atomic mass is 32.2. The van der Waals surface area contributed by atoms with E-state index < -0.39 is 20.9 Å². The van der Waals surface area contributed by atoms with E-state index in [-0.39, 0.29) is 27.9 Å². The minimum atomic E-state index is -4.41. The molecule has 2 heterocycles. The van der Waals surface area contributed by atoms with Gasteiger partial charge in [0, 0.05) is 73.3 Å². The lowest BCUT2D eigenvalue weighted by atomic mass is 9.33. The number of piperazine rings is 1. The first-order chi connectivity index (χ1) is 28.7. The first kappa shape index (κ1) is 42.8. The van der Waals surface area contributed by atoms with Crippen LogP contribution in [-0.2, 0) is 10.0 Å². The molecule has 3 aromatic carbocycles.